The van der Waals surface area contributed by atoms with Gasteiger partial charge in [-0.05, 0) is 148 Å². The highest BCUT2D eigenvalue weighted by molar-refractivity contribution is 7.83. The zero-order chi connectivity index (χ0) is 33.8. The molecule has 0 aromatic carbocycles. The molecule has 0 unspecified atom stereocenters. The van der Waals surface area contributed by atoms with Gasteiger partial charge in [0.1, 0.15) is 7.36 Å². The van der Waals surface area contributed by atoms with Crippen molar-refractivity contribution in [2.75, 3.05) is 155 Å². The summed E-state index contributed by atoms with van der Waals surface area (Å²) in [6, 6.07) is 0. The molecule has 0 rings (SSSR count). The van der Waals surface area contributed by atoms with E-state index in [-0.39, 0.29) is 0 Å². The van der Waals surface area contributed by atoms with Gasteiger partial charge in [-0.2, -0.15) is 18.1 Å². The van der Waals surface area contributed by atoms with E-state index in [1.165, 1.54) is 0 Å². The summed E-state index contributed by atoms with van der Waals surface area (Å²) in [6.45, 7) is 2.22. The van der Waals surface area contributed by atoms with Crippen LogP contribution in [0.1, 0.15) is 0 Å². The average molecular weight is 696 g/mol. The van der Waals surface area contributed by atoms with E-state index in [9.17, 15) is 0 Å². The van der Waals surface area contributed by atoms with Crippen molar-refractivity contribution in [3.8, 4) is 0 Å². The molecule has 0 aliphatic rings. The second-order valence-corrected chi connectivity index (χ2v) is 29.3. The van der Waals surface area contributed by atoms with Crippen LogP contribution in [0.15, 0.2) is 22.8 Å². The van der Waals surface area contributed by atoms with Crippen molar-refractivity contribution in [3.63, 3.8) is 0 Å². The molecule has 254 valence electrons. The Bertz CT molecular complexity index is 1040. The third-order valence-electron chi connectivity index (χ3n) is 7.09. The van der Waals surface area contributed by atoms with E-state index in [4.69, 9.17) is 22.8 Å². The lowest BCUT2D eigenvalue weighted by Gasteiger charge is -2.45. The summed E-state index contributed by atoms with van der Waals surface area (Å²) in [7, 11) is 30.1. The van der Waals surface area contributed by atoms with Crippen LogP contribution in [-0.4, -0.2) is 201 Å². The molecular weight excluding hydrogens is 629 g/mol. The predicted molar refractivity (Wildman–Crippen MR) is 195 cm³/mol. The summed E-state index contributed by atoms with van der Waals surface area (Å²) in [5.74, 6) is 0. The lowest BCUT2D eigenvalue weighted by atomic mass is 11.2. The molecule has 0 heterocycles. The fourth-order valence-corrected chi connectivity index (χ4v) is 26.5. The molecule has 0 bridgehead atoms. The monoisotopic (exact) mass is 695 g/mol. The number of hydrogen-bond acceptors (Lipinski definition) is 1. The average Bonchev–Trinajstić information content (AvgIpc) is 2.82. The molecule has 0 aromatic heterocycles. The minimum atomic E-state index is -3.35. The minimum absolute atomic E-state index is 1.86. The Hall–Kier alpha value is 0.750. The zero-order valence-electron chi connectivity index (χ0n) is 30.9. The van der Waals surface area contributed by atoms with Gasteiger partial charge >= 0.3 is 7.51 Å². The summed E-state index contributed by atoms with van der Waals surface area (Å²) in [6.07, 6.45) is 0. The van der Waals surface area contributed by atoms with Crippen molar-refractivity contribution >= 4 is 37.4 Å². The van der Waals surface area contributed by atoms with E-state index in [1.54, 1.807) is 0 Å². The van der Waals surface area contributed by atoms with Crippen LogP contribution in [0.4, 0.5) is 0 Å². The smallest absolute Gasteiger partial charge is 0.264 e. The van der Waals surface area contributed by atoms with Gasteiger partial charge in [0, 0.05) is 7.05 Å². The number of hydrogen-bond donors (Lipinski definition) is 0. The number of nitrogens with zero attached hydrogens (tertiary/aromatic N) is 15. The first-order valence-electron chi connectivity index (χ1n) is 13.6. The molecule has 0 atom stereocenters. The van der Waals surface area contributed by atoms with E-state index in [2.05, 4.69) is 166 Å². The van der Waals surface area contributed by atoms with E-state index < -0.39 is 37.4 Å². The molecule has 0 aromatic rings. The molecule has 15 nitrogen and oxygen atoms in total. The minimum Gasteiger partial charge on any atom is -0.264 e. The van der Waals surface area contributed by atoms with Crippen LogP contribution in [-0.2, 0) is 0 Å². The van der Waals surface area contributed by atoms with Crippen molar-refractivity contribution < 1.29 is 0 Å². The van der Waals surface area contributed by atoms with Crippen LogP contribution >= 0.6 is 37.4 Å². The van der Waals surface area contributed by atoms with Crippen molar-refractivity contribution in [1.82, 2.24) is 46.7 Å². The fraction of sp³-hybridized carbons (Fsp3) is 1.00. The largest absolute Gasteiger partial charge is 0.312 e. The summed E-state index contributed by atoms with van der Waals surface area (Å²) in [4.78, 5) is 0. The maximum absolute atomic E-state index is 5.95. The van der Waals surface area contributed by atoms with E-state index >= 15 is 0 Å². The van der Waals surface area contributed by atoms with Gasteiger partial charge in [-0.1, -0.05) is 0 Å². The molecular formula is C22H66N15P5. The van der Waals surface area contributed by atoms with Crippen LogP contribution in [0.2, 0.25) is 0 Å². The third kappa shape index (κ3) is 8.36. The maximum atomic E-state index is 5.95. The van der Waals surface area contributed by atoms with Crippen LogP contribution in [0.3, 0.4) is 0 Å². The van der Waals surface area contributed by atoms with Gasteiger partial charge in [0.15, 0.2) is 15.0 Å². The fourth-order valence-electron chi connectivity index (χ4n) is 4.88. The first-order valence-corrected chi connectivity index (χ1v) is 22.1. The molecule has 0 spiro atoms. The molecule has 0 radical (unpaired) electrons. The Balaban J connectivity index is 9.91. The van der Waals surface area contributed by atoms with Gasteiger partial charge in [-0.15, -0.1) is 0 Å². The molecule has 0 N–H and O–H groups in total. The summed E-state index contributed by atoms with van der Waals surface area (Å²) >= 11 is 0. The van der Waals surface area contributed by atoms with E-state index in [0.717, 1.165) is 0 Å². The molecule has 0 aliphatic carbocycles. The molecule has 0 amide bonds. The molecule has 0 saturated carbocycles. The normalized spacial score (nSPS) is 14.7. The Morgan fingerprint density at radius 1 is 0.333 bits per heavy atom. The van der Waals surface area contributed by atoms with Crippen LogP contribution < -0.4 is 0 Å². The predicted octanol–water partition coefficient (Wildman–Crippen LogP) is 5.68. The molecule has 20 heteroatoms. The summed E-state index contributed by atoms with van der Waals surface area (Å²) in [5, 5.41) is 0. The quantitative estimate of drug-likeness (QED) is 0.212. The SMILES string of the molecule is CN=P(N=P(N=P(C)(N(C)C)N(C)C)(N=P(N(C)C)(N(C)C)N(C)C)N=P(N(C)C)(N(C)C)N(C)C)(N(C)C)N(C)C. The lowest BCUT2D eigenvalue weighted by molar-refractivity contribution is 0.474. The highest BCUT2D eigenvalue weighted by atomic mass is 31.3. The molecule has 0 saturated heterocycles. The molecule has 42 heavy (non-hydrogen) atoms. The van der Waals surface area contributed by atoms with E-state index in [0.29, 0.717) is 0 Å². The molecule has 0 aliphatic heterocycles. The van der Waals surface area contributed by atoms with Crippen LogP contribution in [0, 0.1) is 0 Å². The van der Waals surface area contributed by atoms with Gasteiger partial charge in [0.2, 0.25) is 7.51 Å². The molecule has 0 fully saturated rings. The lowest BCUT2D eigenvalue weighted by Crippen LogP contribution is -2.31. The first-order chi connectivity index (χ1) is 18.8. The Morgan fingerprint density at radius 3 is 0.762 bits per heavy atom. The second-order valence-electron chi connectivity index (χ2n) is 12.0. The topological polar surface area (TPSA) is 94.2 Å². The van der Waals surface area contributed by atoms with Crippen molar-refractivity contribution in [2.24, 2.45) is 22.8 Å². The van der Waals surface area contributed by atoms with Gasteiger partial charge in [0.25, 0.3) is 0 Å². The summed E-state index contributed by atoms with van der Waals surface area (Å²) in [5.41, 5.74) is 0. The third-order valence-corrected chi connectivity index (χ3v) is 27.3. The standard InChI is InChI=1S/C22H66N15P5/c1-23-40(30(6)7,31(8)9)25-39(24-38(22,28(2)3)29(4)5,26-41(32(10)11,33(12)13)34(14)15)27-42(35(16)17,36(18)19)37(20)21/h1-22H3. The van der Waals surface area contributed by atoms with Gasteiger partial charge in [-0.3, -0.25) is 42.1 Å². The van der Waals surface area contributed by atoms with Gasteiger partial charge in [-0.25, -0.2) is 9.34 Å². The van der Waals surface area contributed by atoms with Crippen LogP contribution in [0.25, 0.3) is 0 Å². The van der Waals surface area contributed by atoms with Gasteiger partial charge in [0.05, 0.1) is 0 Å². The highest BCUT2D eigenvalue weighted by Crippen LogP contribution is 2.80. The van der Waals surface area contributed by atoms with E-state index in [1.807, 2.05) is 35.2 Å². The van der Waals surface area contributed by atoms with Crippen molar-refractivity contribution in [1.29, 1.82) is 0 Å². The Labute approximate surface area is 261 Å². The first kappa shape index (κ1) is 42.8. The Morgan fingerprint density at radius 2 is 0.595 bits per heavy atom. The second kappa shape index (κ2) is 16.0. The maximum Gasteiger partial charge on any atom is 0.312 e. The highest BCUT2D eigenvalue weighted by Gasteiger charge is 2.42. The summed E-state index contributed by atoms with van der Waals surface area (Å²) < 4.78 is 50.7. The number of rotatable bonds is 14. The van der Waals surface area contributed by atoms with Crippen molar-refractivity contribution in [2.45, 2.75) is 0 Å². The zero-order valence-corrected chi connectivity index (χ0v) is 35.4. The van der Waals surface area contributed by atoms with Crippen LogP contribution in [0.5, 0.6) is 0 Å². The van der Waals surface area contributed by atoms with Crippen molar-refractivity contribution in [3.05, 3.63) is 0 Å². The Kier molecular flexibility index (Phi) is 16.3. The van der Waals surface area contributed by atoms with Gasteiger partial charge < -0.3 is 0 Å².